The van der Waals surface area contributed by atoms with Gasteiger partial charge in [0, 0.05) is 80.6 Å². The van der Waals surface area contributed by atoms with E-state index in [4.69, 9.17) is 16.2 Å². The molecule has 0 radical (unpaired) electrons. The number of nitrogen functional groups attached to an aromatic ring is 1. The van der Waals surface area contributed by atoms with E-state index in [-0.39, 0.29) is 17.9 Å². The Labute approximate surface area is 299 Å². The Bertz CT molecular complexity index is 1880. The fourth-order valence-electron chi connectivity index (χ4n) is 7.19. The van der Waals surface area contributed by atoms with Crippen LogP contribution in [0.15, 0.2) is 81.8 Å². The maximum atomic E-state index is 14.1. The third kappa shape index (κ3) is 7.70. The molecule has 6 rings (SSSR count). The van der Waals surface area contributed by atoms with E-state index in [0.717, 1.165) is 47.2 Å². The minimum Gasteiger partial charge on any atom is -0.475 e. The predicted molar refractivity (Wildman–Crippen MR) is 204 cm³/mol. The molecule has 51 heavy (non-hydrogen) atoms. The first-order valence-corrected chi connectivity index (χ1v) is 17.5. The highest BCUT2D eigenvalue weighted by molar-refractivity contribution is 6.16. The van der Waals surface area contributed by atoms with Gasteiger partial charge in [-0.15, -0.1) is 0 Å². The molecule has 3 aliphatic heterocycles. The number of carbonyl (C=O) groups excluding carboxylic acids is 2. The van der Waals surface area contributed by atoms with E-state index in [2.05, 4.69) is 30.9 Å². The van der Waals surface area contributed by atoms with E-state index in [1.54, 1.807) is 20.3 Å². The number of benzene rings is 2. The third-order valence-corrected chi connectivity index (χ3v) is 9.92. The Kier molecular flexibility index (Phi) is 10.6. The zero-order chi connectivity index (χ0) is 36.1. The SMILES string of the molecule is CN=CN=C(N)c1ccc(C2=CCN(C(=O)CN3CC[C@]4(CCN(c5ccc(N)c(C(=NC)c6ccc(OC(C)C)nc6)c5)C4=O)C3)CC2)cc1. The van der Waals surface area contributed by atoms with Gasteiger partial charge in [-0.1, -0.05) is 30.3 Å². The van der Waals surface area contributed by atoms with Crippen molar-refractivity contribution >= 4 is 46.6 Å². The molecule has 4 N–H and O–H groups in total. The number of pyridine rings is 1. The molecule has 2 aromatic carbocycles. The highest BCUT2D eigenvalue weighted by Gasteiger charge is 2.51. The molecule has 266 valence electrons. The van der Waals surface area contributed by atoms with Crippen LogP contribution in [0.1, 0.15) is 55.4 Å². The molecule has 12 nitrogen and oxygen atoms in total. The third-order valence-electron chi connectivity index (χ3n) is 9.92. The van der Waals surface area contributed by atoms with Crippen molar-refractivity contribution in [2.75, 3.05) is 64.0 Å². The van der Waals surface area contributed by atoms with E-state index < -0.39 is 5.41 Å². The van der Waals surface area contributed by atoms with Crippen molar-refractivity contribution in [3.63, 3.8) is 0 Å². The quantitative estimate of drug-likeness (QED) is 0.185. The summed E-state index contributed by atoms with van der Waals surface area (Å²) in [5.41, 5.74) is 18.7. The summed E-state index contributed by atoms with van der Waals surface area (Å²) in [6, 6.07) is 17.4. The van der Waals surface area contributed by atoms with Gasteiger partial charge >= 0.3 is 0 Å². The number of aliphatic imine (C=N–C) groups is 3. The van der Waals surface area contributed by atoms with Crippen LogP contribution in [-0.4, -0.2) is 104 Å². The molecule has 0 unspecified atom stereocenters. The van der Waals surface area contributed by atoms with E-state index in [9.17, 15) is 9.59 Å². The van der Waals surface area contributed by atoms with Gasteiger partial charge in [-0.05, 0) is 75.1 Å². The standard InChI is InChI=1S/C39H47N9O3/c1-26(2)51-34-12-9-30(22-44-34)36(43-4)32-21-31(10-11-33(32)40)48-20-16-39(38(48)50)15-19-46(24-39)23-35(49)47-17-13-28(14-18-47)27-5-7-29(8-6-27)37(41)45-25-42-3/h5-13,21-22,25-26H,14-20,23-24,40H2,1-4H3,(H2,41,42,45)/t39-/m0/s1. The van der Waals surface area contributed by atoms with Crippen LogP contribution >= 0.6 is 0 Å². The highest BCUT2D eigenvalue weighted by Crippen LogP contribution is 2.43. The number of nitrogens with zero attached hydrogens (tertiary/aromatic N) is 7. The van der Waals surface area contributed by atoms with Crippen molar-refractivity contribution in [1.29, 1.82) is 0 Å². The number of likely N-dealkylation sites (tertiary alicyclic amines) is 1. The summed E-state index contributed by atoms with van der Waals surface area (Å²) in [6.07, 6.45) is 7.56. The zero-order valence-corrected chi connectivity index (χ0v) is 29.9. The maximum Gasteiger partial charge on any atom is 0.237 e. The number of ether oxygens (including phenoxy) is 1. The molecule has 3 aromatic rings. The number of amidine groups is 1. The van der Waals surface area contributed by atoms with Gasteiger partial charge in [0.1, 0.15) is 12.2 Å². The van der Waals surface area contributed by atoms with E-state index in [1.807, 2.05) is 78.2 Å². The minimum absolute atomic E-state index is 0.0225. The van der Waals surface area contributed by atoms with Crippen LogP contribution in [0.25, 0.3) is 5.57 Å². The normalized spacial score (nSPS) is 20.3. The van der Waals surface area contributed by atoms with Gasteiger partial charge in [0.15, 0.2) is 0 Å². The van der Waals surface area contributed by atoms with Gasteiger partial charge in [-0.3, -0.25) is 24.5 Å². The van der Waals surface area contributed by atoms with Gasteiger partial charge in [-0.25, -0.2) is 9.98 Å². The van der Waals surface area contributed by atoms with Crippen LogP contribution in [-0.2, 0) is 9.59 Å². The Morgan fingerprint density at radius 1 is 1.04 bits per heavy atom. The molecule has 3 aliphatic rings. The van der Waals surface area contributed by atoms with E-state index >= 15 is 0 Å². The lowest BCUT2D eigenvalue weighted by Gasteiger charge is -2.29. The van der Waals surface area contributed by atoms with Crippen LogP contribution in [0.4, 0.5) is 11.4 Å². The Morgan fingerprint density at radius 3 is 2.47 bits per heavy atom. The van der Waals surface area contributed by atoms with Crippen LogP contribution in [0.3, 0.4) is 0 Å². The van der Waals surface area contributed by atoms with Gasteiger partial charge < -0.3 is 26.0 Å². The van der Waals surface area contributed by atoms with Gasteiger partial charge in [0.2, 0.25) is 17.7 Å². The summed E-state index contributed by atoms with van der Waals surface area (Å²) < 4.78 is 5.70. The molecular weight excluding hydrogens is 642 g/mol. The molecule has 2 fully saturated rings. The predicted octanol–water partition coefficient (Wildman–Crippen LogP) is 4.03. The molecule has 0 bridgehead atoms. The van der Waals surface area contributed by atoms with Crippen LogP contribution < -0.4 is 21.1 Å². The van der Waals surface area contributed by atoms with E-state index in [1.165, 1.54) is 11.9 Å². The number of carbonyl (C=O) groups is 2. The summed E-state index contributed by atoms with van der Waals surface area (Å²) in [7, 11) is 3.37. The lowest BCUT2D eigenvalue weighted by Crippen LogP contribution is -2.43. The summed E-state index contributed by atoms with van der Waals surface area (Å²) in [5.74, 6) is 1.15. The molecule has 2 amide bonds. The molecule has 12 heteroatoms. The van der Waals surface area contributed by atoms with Crippen LogP contribution in [0.2, 0.25) is 0 Å². The van der Waals surface area contributed by atoms with Crippen molar-refractivity contribution < 1.29 is 14.3 Å². The van der Waals surface area contributed by atoms with Gasteiger partial charge in [0.25, 0.3) is 0 Å². The number of nitrogens with two attached hydrogens (primary N) is 2. The van der Waals surface area contributed by atoms with Crippen molar-refractivity contribution in [3.05, 3.63) is 89.1 Å². The number of amides is 2. The molecule has 2 saturated heterocycles. The molecule has 1 spiro atoms. The number of hydrogen-bond acceptors (Lipinski definition) is 8. The van der Waals surface area contributed by atoms with Gasteiger partial charge in [-0.2, -0.15) is 0 Å². The van der Waals surface area contributed by atoms with E-state index in [0.29, 0.717) is 62.4 Å². The molecule has 0 aliphatic carbocycles. The fourth-order valence-corrected chi connectivity index (χ4v) is 7.19. The molecule has 0 saturated carbocycles. The smallest absolute Gasteiger partial charge is 0.237 e. The Hall–Kier alpha value is -5.36. The fraction of sp³-hybridized carbons (Fsp3) is 0.385. The first kappa shape index (κ1) is 35.5. The first-order valence-electron chi connectivity index (χ1n) is 17.5. The number of anilines is 2. The second-order valence-electron chi connectivity index (χ2n) is 13.6. The molecule has 1 aromatic heterocycles. The minimum atomic E-state index is -0.502. The second kappa shape index (κ2) is 15.3. The van der Waals surface area contributed by atoms with Crippen LogP contribution in [0.5, 0.6) is 5.88 Å². The molecule has 4 heterocycles. The molecule has 1 atom stereocenters. The summed E-state index contributed by atoms with van der Waals surface area (Å²) >= 11 is 0. The van der Waals surface area contributed by atoms with Crippen molar-refractivity contribution in [1.82, 2.24) is 14.8 Å². The second-order valence-corrected chi connectivity index (χ2v) is 13.6. The highest BCUT2D eigenvalue weighted by atomic mass is 16.5. The first-order chi connectivity index (χ1) is 24.6. The lowest BCUT2D eigenvalue weighted by atomic mass is 9.85. The van der Waals surface area contributed by atoms with Crippen molar-refractivity contribution in [2.45, 2.75) is 39.2 Å². The average Bonchev–Trinajstić information content (AvgIpc) is 3.70. The number of rotatable bonds is 10. The van der Waals surface area contributed by atoms with Crippen molar-refractivity contribution in [3.8, 4) is 5.88 Å². The monoisotopic (exact) mass is 689 g/mol. The lowest BCUT2D eigenvalue weighted by molar-refractivity contribution is -0.132. The van der Waals surface area contributed by atoms with Gasteiger partial charge in [0.05, 0.1) is 23.8 Å². The van der Waals surface area contributed by atoms with Crippen LogP contribution in [0, 0.1) is 5.41 Å². The van der Waals surface area contributed by atoms with Crippen molar-refractivity contribution in [2.24, 2.45) is 26.1 Å². The summed E-state index contributed by atoms with van der Waals surface area (Å²) in [4.78, 5) is 50.3. The zero-order valence-electron chi connectivity index (χ0n) is 29.9. The topological polar surface area (TPSA) is 155 Å². The summed E-state index contributed by atoms with van der Waals surface area (Å²) in [5, 5.41) is 0. The maximum absolute atomic E-state index is 14.1. The Balaban J connectivity index is 1.06. The number of aromatic nitrogens is 1. The molecular formula is C39H47N9O3. The number of hydrogen-bond donors (Lipinski definition) is 2. The Morgan fingerprint density at radius 2 is 1.80 bits per heavy atom. The largest absolute Gasteiger partial charge is 0.475 e. The average molecular weight is 690 g/mol. The summed E-state index contributed by atoms with van der Waals surface area (Å²) in [6.45, 7) is 7.34.